The summed E-state index contributed by atoms with van der Waals surface area (Å²) in [5, 5.41) is 0.442. The largest absolute Gasteiger partial charge is 0.493 e. The van der Waals surface area contributed by atoms with Gasteiger partial charge in [0.1, 0.15) is 28.6 Å². The van der Waals surface area contributed by atoms with Gasteiger partial charge in [0.2, 0.25) is 0 Å². The van der Waals surface area contributed by atoms with Crippen LogP contribution < -0.4 is 14.9 Å². The highest BCUT2D eigenvalue weighted by Crippen LogP contribution is 2.24. The average Bonchev–Trinajstić information content (AvgIpc) is 3.28. The highest BCUT2D eigenvalue weighted by molar-refractivity contribution is 5.80. The van der Waals surface area contributed by atoms with Crippen molar-refractivity contribution in [2.45, 2.75) is 6.42 Å². The zero-order valence-electron chi connectivity index (χ0n) is 17.0. The maximum Gasteiger partial charge on any atom is 0.193 e. The average molecular weight is 430 g/mol. The van der Waals surface area contributed by atoms with E-state index in [0.717, 1.165) is 5.52 Å². The van der Waals surface area contributed by atoms with Crippen LogP contribution in [0.3, 0.4) is 0 Å². The van der Waals surface area contributed by atoms with Crippen LogP contribution in [0.2, 0.25) is 0 Å². The molecule has 3 heterocycles. The number of ether oxygens (including phenoxy) is 2. The van der Waals surface area contributed by atoms with Gasteiger partial charge in [0.25, 0.3) is 0 Å². The molecular weight excluding hydrogens is 411 g/mol. The third-order valence-electron chi connectivity index (χ3n) is 5.01. The van der Waals surface area contributed by atoms with Crippen molar-refractivity contribution in [3.8, 4) is 23.0 Å². The fraction of sp³-hybridized carbons (Fsp3) is 0.120. The molecule has 0 aliphatic rings. The standard InChI is InChI=1S/C25H19FN2O4/c26-17-4-6-19(7-5-17)30-11-2-12-31-20-8-9-24-21(14-20)23(29)15-25(32-24)22-13-18-3-1-10-28(18)16-27-22/h1,3-10,13-16H,2,11-12H2. The molecule has 160 valence electrons. The SMILES string of the molecule is O=c1cc(-c2cc3cccn3cn2)oc2ccc(OCCCOc3ccc(F)cc3)cc12. The Bertz CT molecular complexity index is 1440. The van der Waals surface area contributed by atoms with E-state index in [-0.39, 0.29) is 11.2 Å². The lowest BCUT2D eigenvalue weighted by Crippen LogP contribution is -2.06. The summed E-state index contributed by atoms with van der Waals surface area (Å²) in [6.07, 6.45) is 4.22. The van der Waals surface area contributed by atoms with Crippen LogP contribution >= 0.6 is 0 Å². The molecular formula is C25H19FN2O4. The van der Waals surface area contributed by atoms with E-state index in [1.54, 1.807) is 36.7 Å². The van der Waals surface area contributed by atoms with Crippen molar-refractivity contribution < 1.29 is 18.3 Å². The predicted molar refractivity (Wildman–Crippen MR) is 119 cm³/mol. The van der Waals surface area contributed by atoms with Crippen LogP contribution in [-0.2, 0) is 0 Å². The zero-order valence-corrected chi connectivity index (χ0v) is 17.0. The summed E-state index contributed by atoms with van der Waals surface area (Å²) in [6.45, 7) is 0.848. The molecule has 0 spiro atoms. The van der Waals surface area contributed by atoms with Gasteiger partial charge in [-0.15, -0.1) is 0 Å². The summed E-state index contributed by atoms with van der Waals surface area (Å²) in [7, 11) is 0. The third kappa shape index (κ3) is 4.18. The first-order valence-electron chi connectivity index (χ1n) is 10.2. The number of aromatic nitrogens is 2. The van der Waals surface area contributed by atoms with E-state index < -0.39 is 0 Å². The van der Waals surface area contributed by atoms with Gasteiger partial charge in [-0.05, 0) is 60.7 Å². The molecule has 0 bridgehead atoms. The Kier molecular flexibility index (Phi) is 5.29. The molecule has 0 aliphatic carbocycles. The molecule has 3 aromatic heterocycles. The number of fused-ring (bicyclic) bond motifs is 2. The highest BCUT2D eigenvalue weighted by atomic mass is 19.1. The number of hydrogen-bond donors (Lipinski definition) is 0. The Hall–Kier alpha value is -4.13. The fourth-order valence-corrected chi connectivity index (χ4v) is 3.39. The normalized spacial score (nSPS) is 11.2. The minimum absolute atomic E-state index is 0.164. The summed E-state index contributed by atoms with van der Waals surface area (Å²) in [5.74, 6) is 1.30. The van der Waals surface area contributed by atoms with Gasteiger partial charge in [0.05, 0.1) is 24.9 Å². The van der Waals surface area contributed by atoms with E-state index in [1.807, 2.05) is 28.8 Å². The van der Waals surface area contributed by atoms with E-state index in [4.69, 9.17) is 13.9 Å². The Morgan fingerprint density at radius 3 is 2.56 bits per heavy atom. The Balaban J connectivity index is 1.25. The summed E-state index contributed by atoms with van der Waals surface area (Å²) in [6, 6.07) is 18.2. The second-order valence-corrected chi connectivity index (χ2v) is 7.25. The minimum Gasteiger partial charge on any atom is -0.493 e. The molecule has 0 saturated carbocycles. The van der Waals surface area contributed by atoms with E-state index in [1.165, 1.54) is 18.2 Å². The molecule has 0 aliphatic heterocycles. The van der Waals surface area contributed by atoms with Crippen LogP contribution in [0.4, 0.5) is 4.39 Å². The van der Waals surface area contributed by atoms with Crippen molar-refractivity contribution in [3.63, 3.8) is 0 Å². The quantitative estimate of drug-likeness (QED) is 0.336. The lowest BCUT2D eigenvalue weighted by Gasteiger charge is -2.09. The van der Waals surface area contributed by atoms with E-state index in [2.05, 4.69) is 4.98 Å². The summed E-state index contributed by atoms with van der Waals surface area (Å²) in [5.41, 5.74) is 1.86. The van der Waals surface area contributed by atoms with Gasteiger partial charge in [0.15, 0.2) is 11.2 Å². The molecule has 7 heteroatoms. The maximum atomic E-state index is 12.9. The molecule has 0 atom stereocenters. The van der Waals surface area contributed by atoms with Crippen molar-refractivity contribution >= 4 is 16.5 Å². The Morgan fingerprint density at radius 2 is 1.72 bits per heavy atom. The van der Waals surface area contributed by atoms with Gasteiger partial charge >= 0.3 is 0 Å². The van der Waals surface area contributed by atoms with Crippen molar-refractivity contribution in [1.29, 1.82) is 0 Å². The second-order valence-electron chi connectivity index (χ2n) is 7.25. The predicted octanol–water partition coefficient (Wildman–Crippen LogP) is 5.09. The van der Waals surface area contributed by atoms with Gasteiger partial charge in [0, 0.05) is 24.2 Å². The molecule has 32 heavy (non-hydrogen) atoms. The molecule has 0 fully saturated rings. The Labute approximate surface area is 182 Å². The van der Waals surface area contributed by atoms with Crippen molar-refractivity contribution in [1.82, 2.24) is 9.38 Å². The first kappa shape index (κ1) is 19.8. The summed E-state index contributed by atoms with van der Waals surface area (Å²) < 4.78 is 32.0. The molecule has 0 N–H and O–H groups in total. The maximum absolute atomic E-state index is 12.9. The minimum atomic E-state index is -0.299. The topological polar surface area (TPSA) is 66.0 Å². The van der Waals surface area contributed by atoms with Crippen LogP contribution in [0, 0.1) is 5.82 Å². The molecule has 0 amide bonds. The molecule has 5 aromatic rings. The zero-order chi connectivity index (χ0) is 21.9. The van der Waals surface area contributed by atoms with Gasteiger partial charge in [-0.25, -0.2) is 9.37 Å². The summed E-state index contributed by atoms with van der Waals surface area (Å²) >= 11 is 0. The number of benzene rings is 2. The first-order valence-corrected chi connectivity index (χ1v) is 10.2. The van der Waals surface area contributed by atoms with Crippen LogP contribution in [-0.4, -0.2) is 22.6 Å². The number of nitrogens with zero attached hydrogens (tertiary/aromatic N) is 2. The van der Waals surface area contributed by atoms with Gasteiger partial charge in [-0.1, -0.05) is 0 Å². The lowest BCUT2D eigenvalue weighted by molar-refractivity contribution is 0.247. The molecule has 0 radical (unpaired) electrons. The second kappa shape index (κ2) is 8.55. The molecule has 5 rings (SSSR count). The molecule has 2 aromatic carbocycles. The molecule has 6 nitrogen and oxygen atoms in total. The van der Waals surface area contributed by atoms with E-state index >= 15 is 0 Å². The monoisotopic (exact) mass is 430 g/mol. The van der Waals surface area contributed by atoms with Gasteiger partial charge in [-0.3, -0.25) is 4.79 Å². The first-order chi connectivity index (χ1) is 15.7. The summed E-state index contributed by atoms with van der Waals surface area (Å²) in [4.78, 5) is 17.1. The number of rotatable bonds is 7. The molecule has 0 saturated heterocycles. The van der Waals surface area contributed by atoms with Crippen LogP contribution in [0.1, 0.15) is 6.42 Å². The van der Waals surface area contributed by atoms with E-state index in [0.29, 0.717) is 53.6 Å². The van der Waals surface area contributed by atoms with Gasteiger partial charge < -0.3 is 18.3 Å². The Morgan fingerprint density at radius 1 is 0.938 bits per heavy atom. The molecule has 0 unspecified atom stereocenters. The van der Waals surface area contributed by atoms with Crippen LogP contribution in [0.5, 0.6) is 11.5 Å². The van der Waals surface area contributed by atoms with Crippen LogP contribution in [0.15, 0.2) is 88.5 Å². The lowest BCUT2D eigenvalue weighted by atomic mass is 10.2. The third-order valence-corrected chi connectivity index (χ3v) is 5.01. The van der Waals surface area contributed by atoms with Crippen LogP contribution in [0.25, 0.3) is 27.9 Å². The number of halogens is 1. The van der Waals surface area contributed by atoms with E-state index in [9.17, 15) is 9.18 Å². The number of hydrogen-bond acceptors (Lipinski definition) is 5. The van der Waals surface area contributed by atoms with Crippen molar-refractivity contribution in [2.75, 3.05) is 13.2 Å². The van der Waals surface area contributed by atoms with Crippen molar-refractivity contribution in [3.05, 3.63) is 95.3 Å². The smallest absolute Gasteiger partial charge is 0.193 e. The van der Waals surface area contributed by atoms with Crippen molar-refractivity contribution in [2.24, 2.45) is 0 Å². The van der Waals surface area contributed by atoms with Gasteiger partial charge in [-0.2, -0.15) is 0 Å². The fourth-order valence-electron chi connectivity index (χ4n) is 3.39. The highest BCUT2D eigenvalue weighted by Gasteiger charge is 2.10.